The van der Waals surface area contributed by atoms with Gasteiger partial charge in [0, 0.05) is 42.5 Å². The van der Waals surface area contributed by atoms with Crippen LogP contribution in [0.1, 0.15) is 115 Å². The van der Waals surface area contributed by atoms with Crippen LogP contribution in [0.3, 0.4) is 0 Å². The van der Waals surface area contributed by atoms with Gasteiger partial charge in [0.25, 0.3) is 11.8 Å². The van der Waals surface area contributed by atoms with E-state index in [-0.39, 0.29) is 66.9 Å². The minimum Gasteiger partial charge on any atom is -0.493 e. The van der Waals surface area contributed by atoms with Crippen molar-refractivity contribution >= 4 is 52.8 Å². The molecule has 1 unspecified atom stereocenters. The fourth-order valence-corrected chi connectivity index (χ4v) is 10.8. The van der Waals surface area contributed by atoms with Crippen molar-refractivity contribution in [3.63, 3.8) is 0 Å². The summed E-state index contributed by atoms with van der Waals surface area (Å²) in [6, 6.07) is 19.6. The van der Waals surface area contributed by atoms with Gasteiger partial charge in [-0.15, -0.1) is 0 Å². The number of anilines is 2. The number of hydrogen-bond acceptors (Lipinski definition) is 12. The van der Waals surface area contributed by atoms with Crippen LogP contribution in [0.5, 0.6) is 17.2 Å². The molecule has 0 aromatic heterocycles. The molecule has 0 radical (unpaired) electrons. The van der Waals surface area contributed by atoms with E-state index in [9.17, 15) is 33.9 Å². The highest BCUT2D eigenvalue weighted by molar-refractivity contribution is 6.06. The standard InChI is InChI=1S/C60H70N6O12/c1-8-23-77-58(72)63-52(35(3)4)54(68)61-37(6)53(67)62-43-18-13-39(14-19-43)33-78-59(73)66-47-30-49(36(5)26-46(47)56(70)65-34-60(21-22-60)31-48(65)57(66)71)75-24-10-25-76-51-28-41-17-20-44-27-42(40-15-11-38(9-2)12-16-40)32-64(44)55(69)45(41)29-50(51)74-7/h8,11-16,18-19,26,28-30,32,35,37,44,48,52,57,71H,1,9-10,17,20-25,27,31,33-34H2,2-7H3,(H,61,68)(H,62,67)(H,63,72)/t37-,44+,48-,52-,57?/m0/s1. The van der Waals surface area contributed by atoms with Crippen molar-refractivity contribution in [2.75, 3.05) is 43.7 Å². The Kier molecular flexibility index (Phi) is 16.5. The Morgan fingerprint density at radius 3 is 2.26 bits per heavy atom. The number of ether oxygens (including phenoxy) is 5. The highest BCUT2D eigenvalue weighted by atomic mass is 16.6. The Labute approximate surface area is 455 Å². The second kappa shape index (κ2) is 23.4. The summed E-state index contributed by atoms with van der Waals surface area (Å²) in [6.07, 6.45) is 6.51. The van der Waals surface area contributed by atoms with Gasteiger partial charge in [-0.2, -0.15) is 0 Å². The monoisotopic (exact) mass is 1070 g/mol. The number of alkyl carbamates (subject to hydrolysis) is 1. The van der Waals surface area contributed by atoms with Crippen molar-refractivity contribution < 1.29 is 57.6 Å². The van der Waals surface area contributed by atoms with E-state index in [1.54, 1.807) is 68.3 Å². The van der Waals surface area contributed by atoms with Crippen LogP contribution in [0.25, 0.3) is 5.57 Å². The van der Waals surface area contributed by atoms with Gasteiger partial charge in [-0.1, -0.05) is 69.8 Å². The van der Waals surface area contributed by atoms with Gasteiger partial charge in [0.05, 0.1) is 37.6 Å². The van der Waals surface area contributed by atoms with Gasteiger partial charge in [0.1, 0.15) is 31.0 Å². The minimum atomic E-state index is -1.41. The number of hydrogen-bond donors (Lipinski definition) is 4. The van der Waals surface area contributed by atoms with E-state index in [1.807, 2.05) is 24.1 Å². The van der Waals surface area contributed by atoms with Crippen LogP contribution < -0.4 is 35.1 Å². The molecule has 78 heavy (non-hydrogen) atoms. The normalized spacial score (nSPS) is 19.5. The lowest BCUT2D eigenvalue weighted by Gasteiger charge is -2.31. The molecule has 4 aromatic carbocycles. The Morgan fingerprint density at radius 1 is 0.859 bits per heavy atom. The molecule has 1 saturated carbocycles. The van der Waals surface area contributed by atoms with E-state index in [0.717, 1.165) is 53.7 Å². The van der Waals surface area contributed by atoms with E-state index >= 15 is 0 Å². The van der Waals surface area contributed by atoms with Crippen LogP contribution in [0.2, 0.25) is 0 Å². The zero-order valence-corrected chi connectivity index (χ0v) is 45.2. The number of carbonyl (C=O) groups excluding carboxylic acids is 6. The SMILES string of the molecule is C=CCOC(=O)N[C@H](C(=O)N[C@@H](C)C(=O)Nc1ccc(COC(=O)N2c3cc(OCCCOc4cc5c(cc4OC)C(=O)N4C=C(c6ccc(CC)cc6)C[C@H]4CC5)c(C)cc3C(=O)N3CC4(CC4)C[C@H]3C2O)cc1)C(C)C. The fourth-order valence-electron chi connectivity index (χ4n) is 10.8. The molecule has 1 spiro atoms. The molecule has 6 amide bonds. The molecular weight excluding hydrogens is 997 g/mol. The molecule has 4 aromatic rings. The molecule has 4 aliphatic heterocycles. The number of carbonyl (C=O) groups is 6. The summed E-state index contributed by atoms with van der Waals surface area (Å²) in [5.74, 6) is -0.304. The number of fused-ring (bicyclic) bond motifs is 4. The largest absolute Gasteiger partial charge is 0.493 e. The smallest absolute Gasteiger partial charge is 0.416 e. The molecule has 18 nitrogen and oxygen atoms in total. The van der Waals surface area contributed by atoms with Crippen LogP contribution >= 0.6 is 0 Å². The van der Waals surface area contributed by atoms with E-state index in [1.165, 1.54) is 18.6 Å². The van der Waals surface area contributed by atoms with E-state index < -0.39 is 48.4 Å². The first-order valence-corrected chi connectivity index (χ1v) is 26.9. The predicted molar refractivity (Wildman–Crippen MR) is 292 cm³/mol. The molecule has 18 heteroatoms. The van der Waals surface area contributed by atoms with Gasteiger partial charge >= 0.3 is 12.2 Å². The van der Waals surface area contributed by atoms with Crippen molar-refractivity contribution in [2.45, 2.75) is 123 Å². The maximum absolute atomic E-state index is 14.3. The average molecular weight is 1070 g/mol. The lowest BCUT2D eigenvalue weighted by molar-refractivity contribution is -0.128. The van der Waals surface area contributed by atoms with E-state index in [2.05, 4.69) is 53.7 Å². The number of rotatable bonds is 19. The highest BCUT2D eigenvalue weighted by Crippen LogP contribution is 2.57. The molecule has 4 N–H and O–H groups in total. The lowest BCUT2D eigenvalue weighted by atomic mass is 9.97. The van der Waals surface area contributed by atoms with Crippen LogP contribution in [0.15, 0.2) is 91.7 Å². The molecule has 5 aliphatic rings. The third-order valence-corrected chi connectivity index (χ3v) is 15.5. The number of amides is 6. The first-order valence-electron chi connectivity index (χ1n) is 26.9. The second-order valence-corrected chi connectivity index (χ2v) is 21.4. The maximum Gasteiger partial charge on any atom is 0.416 e. The number of aliphatic hydroxyl groups is 1. The third kappa shape index (κ3) is 11.8. The van der Waals surface area contributed by atoms with Crippen LogP contribution in [-0.4, -0.2) is 115 Å². The number of benzene rings is 4. The van der Waals surface area contributed by atoms with Gasteiger partial charge in [-0.3, -0.25) is 19.2 Å². The summed E-state index contributed by atoms with van der Waals surface area (Å²) in [5, 5.41) is 20.0. The predicted octanol–water partition coefficient (Wildman–Crippen LogP) is 8.47. The first kappa shape index (κ1) is 54.9. The van der Waals surface area contributed by atoms with Gasteiger partial charge in [0.2, 0.25) is 11.8 Å². The summed E-state index contributed by atoms with van der Waals surface area (Å²) in [6.45, 7) is 13.2. The molecular formula is C60H70N6O12. The molecule has 5 atom stereocenters. The molecule has 0 bridgehead atoms. The first-order chi connectivity index (χ1) is 37.5. The molecule has 412 valence electrons. The third-order valence-electron chi connectivity index (χ3n) is 15.5. The Balaban J connectivity index is 0.825. The number of aliphatic hydroxyl groups excluding tert-OH is 1. The summed E-state index contributed by atoms with van der Waals surface area (Å²) in [5.41, 5.74) is 7.07. The second-order valence-electron chi connectivity index (χ2n) is 21.4. The van der Waals surface area contributed by atoms with Crippen molar-refractivity contribution in [2.24, 2.45) is 11.3 Å². The van der Waals surface area contributed by atoms with Crippen molar-refractivity contribution in [1.82, 2.24) is 20.4 Å². The average Bonchev–Trinajstić information content (AvgIpc) is 3.95. The van der Waals surface area contributed by atoms with Gasteiger partial charge < -0.3 is 54.5 Å². The van der Waals surface area contributed by atoms with E-state index in [4.69, 9.17) is 23.7 Å². The number of methoxy groups -OCH3 is 1. The molecule has 1 aliphatic carbocycles. The van der Waals surface area contributed by atoms with E-state index in [0.29, 0.717) is 65.4 Å². The Hall–Kier alpha value is -7.86. The fraction of sp³-hybridized carbons (Fsp3) is 0.433. The zero-order chi connectivity index (χ0) is 55.4. The van der Waals surface area contributed by atoms with Crippen LogP contribution in [0, 0.1) is 18.3 Å². The Bertz CT molecular complexity index is 2990. The molecule has 2 fully saturated rings. The zero-order valence-electron chi connectivity index (χ0n) is 45.2. The summed E-state index contributed by atoms with van der Waals surface area (Å²) >= 11 is 0. The molecule has 1 saturated heterocycles. The lowest BCUT2D eigenvalue weighted by Crippen LogP contribution is -2.53. The summed E-state index contributed by atoms with van der Waals surface area (Å²) in [4.78, 5) is 85.6. The number of nitrogens with zero attached hydrogens (tertiary/aromatic N) is 3. The van der Waals surface area contributed by atoms with Gasteiger partial charge in [-0.25, -0.2) is 14.5 Å². The molecule has 4 heterocycles. The maximum atomic E-state index is 14.3. The topological polar surface area (TPSA) is 215 Å². The highest BCUT2D eigenvalue weighted by Gasteiger charge is 2.58. The molecule has 9 rings (SSSR count). The van der Waals surface area contributed by atoms with Crippen LogP contribution in [0.4, 0.5) is 21.0 Å². The minimum absolute atomic E-state index is 0.0237. The number of nitrogens with one attached hydrogen (secondary N) is 3. The number of aryl methyl sites for hydroxylation is 3. The van der Waals surface area contributed by atoms with Crippen LogP contribution in [-0.2, 0) is 38.5 Å². The van der Waals surface area contributed by atoms with Crippen molar-refractivity contribution in [3.05, 3.63) is 131 Å². The Morgan fingerprint density at radius 2 is 1.58 bits per heavy atom. The quantitative estimate of drug-likeness (QED) is 0.0514. The van der Waals surface area contributed by atoms with Crippen molar-refractivity contribution in [3.8, 4) is 17.2 Å². The summed E-state index contributed by atoms with van der Waals surface area (Å²) in [7, 11) is 1.55. The van der Waals surface area contributed by atoms with Crippen molar-refractivity contribution in [1.29, 1.82) is 0 Å². The summed E-state index contributed by atoms with van der Waals surface area (Å²) < 4.78 is 29.1. The van der Waals surface area contributed by atoms with Gasteiger partial charge in [-0.05, 0) is 134 Å². The van der Waals surface area contributed by atoms with Gasteiger partial charge in [0.15, 0.2) is 17.7 Å².